The quantitative estimate of drug-likeness (QED) is 0.512. The molecule has 0 unspecified atom stereocenters. The molecule has 0 aliphatic carbocycles. The largest absolute Gasteiger partial charge is 0.478 e. The summed E-state index contributed by atoms with van der Waals surface area (Å²) < 4.78 is 7.08. The standard InChI is InChI=1S/C27H32N2O5/c1-16(2)15-29-22(14-28-26(33)34-27(4,5)6)23(18-9-7-17(3)8-10-18)21-13-19(25(31)32)11-12-20(21)24(29)30/h7-13,16H,14-15H2,1-6H3,(H,28,33)(H,31,32). The number of carbonyl (C=O) groups excluding carboxylic acids is 1. The minimum absolute atomic E-state index is 0.0489. The topological polar surface area (TPSA) is 97.6 Å². The number of ether oxygens (including phenoxy) is 1. The van der Waals surface area contributed by atoms with Crippen LogP contribution in [0.4, 0.5) is 4.79 Å². The van der Waals surface area contributed by atoms with Crippen LogP contribution in [-0.4, -0.2) is 27.3 Å². The molecular formula is C27H32N2O5. The van der Waals surface area contributed by atoms with Gasteiger partial charge < -0.3 is 19.7 Å². The Morgan fingerprint density at radius 2 is 1.71 bits per heavy atom. The van der Waals surface area contributed by atoms with Crippen LogP contribution in [0.1, 0.15) is 56.2 Å². The van der Waals surface area contributed by atoms with E-state index in [1.807, 2.05) is 45.0 Å². The number of aromatic carboxylic acids is 1. The monoisotopic (exact) mass is 464 g/mol. The lowest BCUT2D eigenvalue weighted by Crippen LogP contribution is -2.35. The van der Waals surface area contributed by atoms with E-state index in [1.165, 1.54) is 12.1 Å². The van der Waals surface area contributed by atoms with Gasteiger partial charge in [-0.25, -0.2) is 9.59 Å². The number of amides is 1. The van der Waals surface area contributed by atoms with Crippen molar-refractivity contribution >= 4 is 22.8 Å². The Morgan fingerprint density at radius 1 is 1.06 bits per heavy atom. The molecule has 0 spiro atoms. The van der Waals surface area contributed by atoms with Gasteiger partial charge in [-0.2, -0.15) is 0 Å². The number of carboxylic acids is 1. The van der Waals surface area contributed by atoms with E-state index in [-0.39, 0.29) is 23.6 Å². The second-order valence-corrected chi connectivity index (χ2v) is 9.92. The van der Waals surface area contributed by atoms with Gasteiger partial charge in [0.05, 0.1) is 12.1 Å². The molecule has 0 bridgehead atoms. The van der Waals surface area contributed by atoms with E-state index >= 15 is 0 Å². The molecule has 0 radical (unpaired) electrons. The van der Waals surface area contributed by atoms with Crippen molar-refractivity contribution in [1.29, 1.82) is 0 Å². The van der Waals surface area contributed by atoms with Crippen molar-refractivity contribution in [2.75, 3.05) is 0 Å². The highest BCUT2D eigenvalue weighted by Crippen LogP contribution is 2.32. The zero-order valence-electron chi connectivity index (χ0n) is 20.6. The molecule has 1 heterocycles. The van der Waals surface area contributed by atoms with E-state index in [9.17, 15) is 19.5 Å². The summed E-state index contributed by atoms with van der Waals surface area (Å²) in [4.78, 5) is 37.7. The highest BCUT2D eigenvalue weighted by atomic mass is 16.6. The fourth-order valence-electron chi connectivity index (χ4n) is 3.88. The first-order chi connectivity index (χ1) is 15.9. The SMILES string of the molecule is Cc1ccc(-c2c(CNC(=O)OC(C)(C)C)n(CC(C)C)c(=O)c3ccc(C(=O)O)cc23)cc1. The fourth-order valence-corrected chi connectivity index (χ4v) is 3.88. The maximum atomic E-state index is 13.5. The molecule has 0 saturated carbocycles. The Balaban J connectivity index is 2.32. The lowest BCUT2D eigenvalue weighted by atomic mass is 9.94. The zero-order valence-corrected chi connectivity index (χ0v) is 20.6. The number of pyridine rings is 1. The third kappa shape index (κ3) is 5.65. The van der Waals surface area contributed by atoms with Gasteiger partial charge in [0.25, 0.3) is 5.56 Å². The second kappa shape index (κ2) is 9.71. The summed E-state index contributed by atoms with van der Waals surface area (Å²) in [5.41, 5.74) is 2.42. The molecule has 0 fully saturated rings. The number of benzene rings is 2. The zero-order chi connectivity index (χ0) is 25.2. The molecule has 2 aromatic carbocycles. The lowest BCUT2D eigenvalue weighted by Gasteiger charge is -2.23. The van der Waals surface area contributed by atoms with Crippen molar-refractivity contribution in [3.8, 4) is 11.1 Å². The number of hydrogen-bond donors (Lipinski definition) is 2. The molecule has 0 aliphatic heterocycles. The minimum Gasteiger partial charge on any atom is -0.478 e. The van der Waals surface area contributed by atoms with Crippen LogP contribution >= 0.6 is 0 Å². The Hall–Kier alpha value is -3.61. The molecule has 180 valence electrons. The number of carboxylic acid groups (broad SMARTS) is 1. The number of aryl methyl sites for hydroxylation is 1. The van der Waals surface area contributed by atoms with Crippen LogP contribution in [0.25, 0.3) is 21.9 Å². The van der Waals surface area contributed by atoms with E-state index in [2.05, 4.69) is 5.32 Å². The summed E-state index contributed by atoms with van der Waals surface area (Å²) in [6.45, 7) is 11.8. The van der Waals surface area contributed by atoms with Crippen molar-refractivity contribution in [2.24, 2.45) is 5.92 Å². The van der Waals surface area contributed by atoms with Gasteiger partial charge >= 0.3 is 12.1 Å². The summed E-state index contributed by atoms with van der Waals surface area (Å²) in [6, 6.07) is 12.4. The average Bonchev–Trinajstić information content (AvgIpc) is 2.73. The third-order valence-electron chi connectivity index (χ3n) is 5.31. The van der Waals surface area contributed by atoms with Gasteiger partial charge in [-0.15, -0.1) is 0 Å². The molecule has 0 aliphatic rings. The maximum absolute atomic E-state index is 13.5. The molecule has 0 atom stereocenters. The number of nitrogens with zero attached hydrogens (tertiary/aromatic N) is 1. The first kappa shape index (κ1) is 25.0. The molecular weight excluding hydrogens is 432 g/mol. The minimum atomic E-state index is -1.07. The predicted molar refractivity (Wildman–Crippen MR) is 133 cm³/mol. The van der Waals surface area contributed by atoms with Crippen molar-refractivity contribution < 1.29 is 19.4 Å². The molecule has 34 heavy (non-hydrogen) atoms. The summed E-state index contributed by atoms with van der Waals surface area (Å²) in [7, 11) is 0. The lowest BCUT2D eigenvalue weighted by molar-refractivity contribution is 0.0521. The van der Waals surface area contributed by atoms with Crippen molar-refractivity contribution in [2.45, 2.75) is 60.2 Å². The van der Waals surface area contributed by atoms with Crippen LogP contribution in [0.3, 0.4) is 0 Å². The van der Waals surface area contributed by atoms with Crippen LogP contribution in [-0.2, 0) is 17.8 Å². The Bertz CT molecular complexity index is 1280. The summed E-state index contributed by atoms with van der Waals surface area (Å²) >= 11 is 0. The van der Waals surface area contributed by atoms with Crippen LogP contribution in [0.5, 0.6) is 0 Å². The maximum Gasteiger partial charge on any atom is 0.407 e. The first-order valence-corrected chi connectivity index (χ1v) is 11.3. The van der Waals surface area contributed by atoms with Gasteiger partial charge in [-0.3, -0.25) is 4.79 Å². The molecule has 3 aromatic rings. The molecule has 2 N–H and O–H groups in total. The van der Waals surface area contributed by atoms with Gasteiger partial charge in [0.1, 0.15) is 5.60 Å². The molecule has 7 nitrogen and oxygen atoms in total. The van der Waals surface area contributed by atoms with Gasteiger partial charge in [-0.1, -0.05) is 43.7 Å². The summed E-state index contributed by atoms with van der Waals surface area (Å²) in [5.74, 6) is -0.906. The molecule has 7 heteroatoms. The van der Waals surface area contributed by atoms with Crippen LogP contribution < -0.4 is 10.9 Å². The van der Waals surface area contributed by atoms with Crippen LogP contribution in [0.15, 0.2) is 47.3 Å². The summed E-state index contributed by atoms with van der Waals surface area (Å²) in [5, 5.41) is 13.3. The molecule has 1 amide bonds. The van der Waals surface area contributed by atoms with Gasteiger partial charge in [-0.05, 0) is 62.8 Å². The third-order valence-corrected chi connectivity index (χ3v) is 5.31. The number of alkyl carbamates (subject to hydrolysis) is 1. The number of fused-ring (bicyclic) bond motifs is 1. The number of nitrogens with one attached hydrogen (secondary N) is 1. The second-order valence-electron chi connectivity index (χ2n) is 9.92. The summed E-state index contributed by atoms with van der Waals surface area (Å²) in [6.07, 6.45) is -0.592. The van der Waals surface area contributed by atoms with Crippen LogP contribution in [0.2, 0.25) is 0 Å². The van der Waals surface area contributed by atoms with Gasteiger partial charge in [0.2, 0.25) is 0 Å². The van der Waals surface area contributed by atoms with E-state index < -0.39 is 17.7 Å². The molecule has 0 saturated heterocycles. The highest BCUT2D eigenvalue weighted by molar-refractivity contribution is 6.01. The Kier molecular flexibility index (Phi) is 7.15. The van der Waals surface area contributed by atoms with Crippen molar-refractivity contribution in [1.82, 2.24) is 9.88 Å². The van der Waals surface area contributed by atoms with Crippen LogP contribution in [0, 0.1) is 12.8 Å². The van der Waals surface area contributed by atoms with E-state index in [4.69, 9.17) is 4.74 Å². The Morgan fingerprint density at radius 3 is 2.26 bits per heavy atom. The fraction of sp³-hybridized carbons (Fsp3) is 0.370. The smallest absolute Gasteiger partial charge is 0.407 e. The van der Waals surface area contributed by atoms with E-state index in [0.717, 1.165) is 16.7 Å². The average molecular weight is 465 g/mol. The number of hydrogen-bond acceptors (Lipinski definition) is 4. The number of aromatic nitrogens is 1. The van der Waals surface area contributed by atoms with Gasteiger partial charge in [0.15, 0.2) is 0 Å². The molecule has 3 rings (SSSR count). The predicted octanol–water partition coefficient (Wildman–Crippen LogP) is 5.36. The normalized spacial score (nSPS) is 11.6. The van der Waals surface area contributed by atoms with E-state index in [0.29, 0.717) is 23.0 Å². The number of carbonyl (C=O) groups is 2. The highest BCUT2D eigenvalue weighted by Gasteiger charge is 2.22. The Labute approximate surface area is 199 Å². The van der Waals surface area contributed by atoms with Gasteiger partial charge in [0, 0.05) is 23.2 Å². The molecule has 1 aromatic heterocycles. The first-order valence-electron chi connectivity index (χ1n) is 11.3. The number of rotatable bonds is 6. The van der Waals surface area contributed by atoms with Crippen molar-refractivity contribution in [3.05, 3.63) is 69.6 Å². The van der Waals surface area contributed by atoms with E-state index in [1.54, 1.807) is 31.4 Å². The van der Waals surface area contributed by atoms with Crippen molar-refractivity contribution in [3.63, 3.8) is 0 Å².